The van der Waals surface area contributed by atoms with Crippen LogP contribution in [0.25, 0.3) is 11.2 Å². The Bertz CT molecular complexity index is 1090. The molecule has 0 aromatic carbocycles. The normalized spacial score (nSPS) is 26.4. The lowest BCUT2D eigenvalue weighted by Crippen LogP contribution is -2.40. The molecule has 2 saturated heterocycles. The molecule has 2 aromatic heterocycles. The highest BCUT2D eigenvalue weighted by Crippen LogP contribution is 2.37. The van der Waals surface area contributed by atoms with Crippen LogP contribution in [0.15, 0.2) is 6.33 Å². The maximum absolute atomic E-state index is 11.9. The van der Waals surface area contributed by atoms with E-state index >= 15 is 0 Å². The Kier molecular flexibility index (Phi) is 7.14. The van der Waals surface area contributed by atoms with Gasteiger partial charge in [0.1, 0.15) is 12.7 Å². The van der Waals surface area contributed by atoms with Crippen LogP contribution >= 0.6 is 11.6 Å². The number of hydrogen-bond donors (Lipinski definition) is 1. The number of esters is 3. The third kappa shape index (κ3) is 5.21. The van der Waals surface area contributed by atoms with Crippen molar-refractivity contribution in [1.29, 1.82) is 0 Å². The second kappa shape index (κ2) is 10.1. The van der Waals surface area contributed by atoms with Gasteiger partial charge in [-0.15, -0.1) is 0 Å². The Balaban J connectivity index is 1.71. The van der Waals surface area contributed by atoms with Crippen molar-refractivity contribution < 1.29 is 38.1 Å². The summed E-state index contributed by atoms with van der Waals surface area (Å²) in [6, 6.07) is 0.0392. The van der Waals surface area contributed by atoms with Crippen molar-refractivity contribution in [2.75, 3.05) is 25.1 Å². The van der Waals surface area contributed by atoms with Gasteiger partial charge < -0.3 is 29.0 Å². The summed E-state index contributed by atoms with van der Waals surface area (Å²) in [4.78, 5) is 48.0. The summed E-state index contributed by atoms with van der Waals surface area (Å²) in [6.07, 6.45) is -1.81. The number of aromatic nitrogens is 4. The van der Waals surface area contributed by atoms with Crippen LogP contribution in [-0.2, 0) is 38.1 Å². The Hall–Kier alpha value is -3.03. The van der Waals surface area contributed by atoms with Crippen molar-refractivity contribution in [2.24, 2.45) is 0 Å². The monoisotopic (exact) mass is 497 g/mol. The first-order valence-corrected chi connectivity index (χ1v) is 11.0. The summed E-state index contributed by atoms with van der Waals surface area (Å²) in [6.45, 7) is 4.60. The van der Waals surface area contributed by atoms with Gasteiger partial charge in [-0.25, -0.2) is 4.98 Å². The minimum atomic E-state index is -1.08. The summed E-state index contributed by atoms with van der Waals surface area (Å²) in [7, 11) is 0. The van der Waals surface area contributed by atoms with Crippen LogP contribution in [-0.4, -0.2) is 81.6 Å². The Labute approximate surface area is 199 Å². The van der Waals surface area contributed by atoms with Gasteiger partial charge in [0, 0.05) is 27.4 Å². The van der Waals surface area contributed by atoms with Crippen LogP contribution in [0.3, 0.4) is 0 Å². The molecule has 4 heterocycles. The van der Waals surface area contributed by atoms with E-state index in [0.29, 0.717) is 30.2 Å². The fraction of sp³-hybridized carbons (Fsp3) is 0.600. The van der Waals surface area contributed by atoms with Crippen molar-refractivity contribution in [3.63, 3.8) is 0 Å². The SMILES string of the molecule is CC(=O)OC[C@H]1O[C@@H](n2cnc3c(N[C@@H]4CCOC4)nc(Cl)nc32)[C@H](OC(C)=O)[C@@H]1OC(C)=O. The second-order valence-corrected chi connectivity index (χ2v) is 8.22. The molecule has 2 aliphatic rings. The van der Waals surface area contributed by atoms with Gasteiger partial charge in [0.25, 0.3) is 0 Å². The first-order valence-electron chi connectivity index (χ1n) is 10.6. The zero-order chi connectivity index (χ0) is 24.4. The number of imidazole rings is 1. The van der Waals surface area contributed by atoms with E-state index in [2.05, 4.69) is 20.3 Å². The summed E-state index contributed by atoms with van der Waals surface area (Å²) < 4.78 is 28.9. The number of rotatable bonds is 7. The topological polar surface area (TPSA) is 153 Å². The van der Waals surface area contributed by atoms with E-state index in [9.17, 15) is 14.4 Å². The number of halogens is 1. The van der Waals surface area contributed by atoms with Crippen LogP contribution in [0, 0.1) is 0 Å². The average molecular weight is 498 g/mol. The summed E-state index contributed by atoms with van der Waals surface area (Å²) >= 11 is 6.19. The molecule has 0 bridgehead atoms. The molecule has 13 nitrogen and oxygen atoms in total. The van der Waals surface area contributed by atoms with Crippen LogP contribution in [0.5, 0.6) is 0 Å². The lowest BCUT2D eigenvalue weighted by molar-refractivity contribution is -0.166. The highest BCUT2D eigenvalue weighted by molar-refractivity contribution is 6.28. The van der Waals surface area contributed by atoms with Crippen LogP contribution < -0.4 is 5.32 Å². The van der Waals surface area contributed by atoms with Crippen LogP contribution in [0.1, 0.15) is 33.4 Å². The zero-order valence-corrected chi connectivity index (χ0v) is 19.5. The quantitative estimate of drug-likeness (QED) is 0.330. The molecule has 2 fully saturated rings. The lowest BCUT2D eigenvalue weighted by atomic mass is 10.1. The number of anilines is 1. The maximum Gasteiger partial charge on any atom is 0.303 e. The van der Waals surface area contributed by atoms with Crippen LogP contribution in [0.4, 0.5) is 5.82 Å². The first-order chi connectivity index (χ1) is 16.2. The molecule has 0 amide bonds. The smallest absolute Gasteiger partial charge is 0.303 e. The predicted octanol–water partition coefficient (Wildman–Crippen LogP) is 1.00. The van der Waals surface area contributed by atoms with Gasteiger partial charge in [0.05, 0.1) is 19.0 Å². The Morgan fingerprint density at radius 1 is 1.15 bits per heavy atom. The predicted molar refractivity (Wildman–Crippen MR) is 115 cm³/mol. The molecular weight excluding hydrogens is 474 g/mol. The summed E-state index contributed by atoms with van der Waals surface area (Å²) in [5.41, 5.74) is 0.715. The third-order valence-corrected chi connectivity index (χ3v) is 5.45. The molecule has 4 rings (SSSR count). The van der Waals surface area contributed by atoms with Crippen molar-refractivity contribution >= 4 is 46.5 Å². The van der Waals surface area contributed by atoms with Crippen molar-refractivity contribution in [3.05, 3.63) is 11.6 Å². The average Bonchev–Trinajstić information content (AvgIpc) is 3.46. The highest BCUT2D eigenvalue weighted by atomic mass is 35.5. The summed E-state index contributed by atoms with van der Waals surface area (Å²) in [5, 5.41) is 3.22. The van der Waals surface area contributed by atoms with Gasteiger partial charge >= 0.3 is 17.9 Å². The van der Waals surface area contributed by atoms with Gasteiger partial charge in [-0.2, -0.15) is 9.97 Å². The van der Waals surface area contributed by atoms with E-state index in [1.165, 1.54) is 31.7 Å². The first kappa shape index (κ1) is 24.1. The Morgan fingerprint density at radius 2 is 1.88 bits per heavy atom. The number of nitrogens with zero attached hydrogens (tertiary/aromatic N) is 4. The van der Waals surface area contributed by atoms with Gasteiger partial charge in [-0.1, -0.05) is 0 Å². The van der Waals surface area contributed by atoms with Crippen molar-refractivity contribution in [3.8, 4) is 0 Å². The molecule has 184 valence electrons. The van der Waals surface area contributed by atoms with E-state index in [1.807, 2.05) is 0 Å². The van der Waals surface area contributed by atoms with E-state index < -0.39 is 42.4 Å². The van der Waals surface area contributed by atoms with Gasteiger partial charge in [0.2, 0.25) is 5.28 Å². The number of carbonyl (C=O) groups excluding carboxylic acids is 3. The minimum absolute atomic E-state index is 0.0364. The molecule has 0 spiro atoms. The third-order valence-electron chi connectivity index (χ3n) is 5.28. The largest absolute Gasteiger partial charge is 0.463 e. The highest BCUT2D eigenvalue weighted by Gasteiger charge is 2.51. The Morgan fingerprint density at radius 3 is 2.53 bits per heavy atom. The molecule has 1 N–H and O–H groups in total. The van der Waals surface area contributed by atoms with E-state index in [4.69, 9.17) is 35.3 Å². The van der Waals surface area contributed by atoms with Crippen molar-refractivity contribution in [2.45, 2.75) is 57.8 Å². The minimum Gasteiger partial charge on any atom is -0.463 e. The van der Waals surface area contributed by atoms with E-state index in [1.54, 1.807) is 0 Å². The number of ether oxygens (including phenoxy) is 5. The number of carbonyl (C=O) groups is 3. The molecule has 0 aliphatic carbocycles. The molecule has 14 heteroatoms. The van der Waals surface area contributed by atoms with Crippen LogP contribution in [0.2, 0.25) is 5.28 Å². The van der Waals surface area contributed by atoms with Crippen molar-refractivity contribution in [1.82, 2.24) is 19.5 Å². The second-order valence-electron chi connectivity index (χ2n) is 7.89. The number of nitrogens with one attached hydrogen (secondary N) is 1. The van der Waals surface area contributed by atoms with E-state index in [0.717, 1.165) is 6.42 Å². The fourth-order valence-electron chi connectivity index (χ4n) is 3.94. The molecule has 34 heavy (non-hydrogen) atoms. The molecule has 2 aliphatic heterocycles. The van der Waals surface area contributed by atoms with Gasteiger partial charge in [-0.3, -0.25) is 19.0 Å². The van der Waals surface area contributed by atoms with Gasteiger partial charge in [-0.05, 0) is 18.0 Å². The molecule has 0 saturated carbocycles. The molecule has 2 aromatic rings. The fourth-order valence-corrected chi connectivity index (χ4v) is 4.10. The molecule has 0 unspecified atom stereocenters. The molecule has 5 atom stereocenters. The zero-order valence-electron chi connectivity index (χ0n) is 18.7. The summed E-state index contributed by atoms with van der Waals surface area (Å²) in [5.74, 6) is -1.37. The lowest BCUT2D eigenvalue weighted by Gasteiger charge is -2.23. The maximum atomic E-state index is 11.9. The molecular formula is C20H24ClN5O8. The van der Waals surface area contributed by atoms with E-state index in [-0.39, 0.29) is 17.9 Å². The van der Waals surface area contributed by atoms with Gasteiger partial charge in [0.15, 0.2) is 35.4 Å². The number of fused-ring (bicyclic) bond motifs is 1. The molecule has 0 radical (unpaired) electrons. The standard InChI is InChI=1S/C20H24ClN5O8/c1-9(27)31-7-13-15(32-10(2)28)16(33-11(3)29)19(34-13)26-8-22-14-17(23-12-4-5-30-6-12)24-20(21)25-18(14)26/h8,12-13,15-16,19H,4-7H2,1-3H3,(H,23,24,25)/t12-,13-,15-,16-,19-/m1/s1. The number of hydrogen-bond acceptors (Lipinski definition) is 12.